The van der Waals surface area contributed by atoms with Gasteiger partial charge >= 0.3 is 0 Å². The van der Waals surface area contributed by atoms with E-state index < -0.39 is 0 Å². The predicted octanol–water partition coefficient (Wildman–Crippen LogP) is 0.134. The molecule has 3 heterocycles. The first kappa shape index (κ1) is 13.0. The molecule has 3 rings (SSSR count). The normalized spacial score (nSPS) is 10.8. The van der Waals surface area contributed by atoms with Gasteiger partial charge in [-0.25, -0.2) is 0 Å². The van der Waals surface area contributed by atoms with Gasteiger partial charge in [0.05, 0.1) is 18.4 Å². The lowest BCUT2D eigenvalue weighted by molar-refractivity contribution is 0.0941. The Morgan fingerprint density at radius 3 is 2.95 bits per heavy atom. The highest BCUT2D eigenvalue weighted by Gasteiger charge is 2.13. The summed E-state index contributed by atoms with van der Waals surface area (Å²) in [6, 6.07) is 3.77. The third-order valence-corrected chi connectivity index (χ3v) is 2.88. The highest BCUT2D eigenvalue weighted by atomic mass is 16.5. The van der Waals surface area contributed by atoms with Crippen molar-refractivity contribution in [3.8, 4) is 11.5 Å². The molecule has 0 aliphatic heterocycles. The van der Waals surface area contributed by atoms with Crippen LogP contribution in [0.2, 0.25) is 0 Å². The molecule has 0 aliphatic rings. The summed E-state index contributed by atoms with van der Waals surface area (Å²) < 4.78 is 8.44. The molecule has 1 N–H and O–H groups in total. The van der Waals surface area contributed by atoms with E-state index in [0.717, 1.165) is 5.69 Å². The molecule has 1 amide bonds. The molecule has 0 bridgehead atoms. The fraction of sp³-hybridized carbons (Fsp3) is 0.250. The Labute approximate surface area is 119 Å². The zero-order valence-electron chi connectivity index (χ0n) is 11.5. The maximum atomic E-state index is 11.8. The van der Waals surface area contributed by atoms with Crippen LogP contribution in [0.3, 0.4) is 0 Å². The van der Waals surface area contributed by atoms with E-state index in [2.05, 4.69) is 25.8 Å². The van der Waals surface area contributed by atoms with Crippen LogP contribution in [0.25, 0.3) is 11.5 Å². The molecular weight excluding hydrogens is 274 g/mol. The minimum Gasteiger partial charge on any atom is -0.348 e. The Morgan fingerprint density at radius 2 is 2.29 bits per heavy atom. The molecule has 0 atom stereocenters. The molecule has 3 aromatic heterocycles. The Kier molecular flexibility index (Phi) is 3.22. The van der Waals surface area contributed by atoms with Gasteiger partial charge in [-0.2, -0.15) is 4.98 Å². The molecule has 0 radical (unpaired) electrons. The molecule has 0 unspecified atom stereocenters. The lowest BCUT2D eigenvalue weighted by atomic mass is 10.4. The van der Waals surface area contributed by atoms with Crippen molar-refractivity contribution in [2.75, 3.05) is 0 Å². The van der Waals surface area contributed by atoms with Crippen molar-refractivity contribution in [1.82, 2.24) is 35.0 Å². The third-order valence-electron chi connectivity index (χ3n) is 2.88. The Hall–Kier alpha value is -2.97. The zero-order chi connectivity index (χ0) is 14.8. The third kappa shape index (κ3) is 2.66. The first-order valence-electron chi connectivity index (χ1n) is 6.22. The molecule has 9 nitrogen and oxygen atoms in total. The number of aryl methyl sites for hydroxylation is 2. The quantitative estimate of drug-likeness (QED) is 0.731. The predicted molar refractivity (Wildman–Crippen MR) is 70.9 cm³/mol. The molecule has 108 valence electrons. The molecular formula is C12H13N7O2. The smallest absolute Gasteiger partial charge is 0.273 e. The topological polar surface area (TPSA) is 104 Å². The van der Waals surface area contributed by atoms with Crippen molar-refractivity contribution in [1.29, 1.82) is 0 Å². The maximum Gasteiger partial charge on any atom is 0.273 e. The minimum absolute atomic E-state index is 0.132. The number of rotatable bonds is 4. The highest BCUT2D eigenvalue weighted by molar-refractivity contribution is 5.91. The van der Waals surface area contributed by atoms with E-state index in [-0.39, 0.29) is 18.1 Å². The van der Waals surface area contributed by atoms with Crippen molar-refractivity contribution < 1.29 is 9.32 Å². The van der Waals surface area contributed by atoms with Crippen LogP contribution in [0.1, 0.15) is 16.4 Å². The van der Waals surface area contributed by atoms with Crippen LogP contribution in [0.15, 0.2) is 29.0 Å². The summed E-state index contributed by atoms with van der Waals surface area (Å²) in [6.07, 6.45) is 3.42. The van der Waals surface area contributed by atoms with Gasteiger partial charge in [0, 0.05) is 20.3 Å². The Bertz CT molecular complexity index is 770. The van der Waals surface area contributed by atoms with Gasteiger partial charge in [0.15, 0.2) is 5.69 Å². The Morgan fingerprint density at radius 1 is 1.43 bits per heavy atom. The maximum absolute atomic E-state index is 11.8. The van der Waals surface area contributed by atoms with E-state index in [4.69, 9.17) is 4.52 Å². The summed E-state index contributed by atoms with van der Waals surface area (Å²) in [4.78, 5) is 16.0. The van der Waals surface area contributed by atoms with Crippen molar-refractivity contribution >= 4 is 5.91 Å². The van der Waals surface area contributed by atoms with Gasteiger partial charge in [0.25, 0.3) is 5.91 Å². The van der Waals surface area contributed by atoms with Crippen LogP contribution < -0.4 is 5.32 Å². The zero-order valence-corrected chi connectivity index (χ0v) is 11.5. The Balaban J connectivity index is 1.65. The van der Waals surface area contributed by atoms with Crippen LogP contribution in [-0.4, -0.2) is 35.6 Å². The lowest BCUT2D eigenvalue weighted by Gasteiger charge is -1.97. The number of aromatic nitrogens is 6. The van der Waals surface area contributed by atoms with Gasteiger partial charge < -0.3 is 14.4 Å². The van der Waals surface area contributed by atoms with Crippen LogP contribution >= 0.6 is 0 Å². The molecule has 0 aromatic carbocycles. The molecule has 0 saturated heterocycles. The van der Waals surface area contributed by atoms with Crippen LogP contribution in [-0.2, 0) is 20.6 Å². The number of hydrogen-bond donors (Lipinski definition) is 1. The fourth-order valence-electron chi connectivity index (χ4n) is 1.82. The van der Waals surface area contributed by atoms with E-state index in [1.807, 2.05) is 29.9 Å². The lowest BCUT2D eigenvalue weighted by Crippen LogP contribution is -2.23. The van der Waals surface area contributed by atoms with Crippen molar-refractivity contribution in [3.63, 3.8) is 0 Å². The first-order chi connectivity index (χ1) is 10.1. The number of hydrogen-bond acceptors (Lipinski definition) is 6. The molecule has 9 heteroatoms. The SMILES string of the molecule is Cn1cc(C(=O)NCc2nc(-c3cccn3C)no2)nn1. The largest absolute Gasteiger partial charge is 0.348 e. The van der Waals surface area contributed by atoms with Crippen molar-refractivity contribution in [3.05, 3.63) is 36.1 Å². The van der Waals surface area contributed by atoms with Crippen molar-refractivity contribution in [2.24, 2.45) is 14.1 Å². The van der Waals surface area contributed by atoms with Gasteiger partial charge in [-0.1, -0.05) is 10.4 Å². The summed E-state index contributed by atoms with van der Waals surface area (Å²) in [5.41, 5.74) is 1.07. The van der Waals surface area contributed by atoms with E-state index >= 15 is 0 Å². The molecule has 0 spiro atoms. The number of nitrogens with one attached hydrogen (secondary N) is 1. The fourth-order valence-corrected chi connectivity index (χ4v) is 1.82. The number of carbonyl (C=O) groups is 1. The van der Waals surface area contributed by atoms with Gasteiger partial charge in [-0.3, -0.25) is 9.48 Å². The van der Waals surface area contributed by atoms with Gasteiger partial charge in [-0.15, -0.1) is 5.10 Å². The average molecular weight is 287 g/mol. The summed E-state index contributed by atoms with van der Waals surface area (Å²) in [5.74, 6) is 0.455. The molecule has 3 aromatic rings. The second-order valence-electron chi connectivity index (χ2n) is 4.48. The highest BCUT2D eigenvalue weighted by Crippen LogP contribution is 2.15. The molecule has 21 heavy (non-hydrogen) atoms. The van der Waals surface area contributed by atoms with Gasteiger partial charge in [0.1, 0.15) is 0 Å². The number of carbonyl (C=O) groups excluding carboxylic acids is 1. The monoisotopic (exact) mass is 287 g/mol. The van der Waals surface area contributed by atoms with E-state index in [9.17, 15) is 4.79 Å². The summed E-state index contributed by atoms with van der Waals surface area (Å²) in [7, 11) is 3.58. The van der Waals surface area contributed by atoms with Gasteiger partial charge in [0.2, 0.25) is 11.7 Å². The van der Waals surface area contributed by atoms with E-state index in [0.29, 0.717) is 11.7 Å². The standard InChI is InChI=1S/C12H13N7O2/c1-18-5-3-4-9(18)11-14-10(21-16-11)6-13-12(20)8-7-19(2)17-15-8/h3-5,7H,6H2,1-2H3,(H,13,20). The van der Waals surface area contributed by atoms with Crippen molar-refractivity contribution in [2.45, 2.75) is 6.54 Å². The number of nitrogens with zero attached hydrogens (tertiary/aromatic N) is 6. The molecule has 0 fully saturated rings. The van der Waals surface area contributed by atoms with Gasteiger partial charge in [-0.05, 0) is 12.1 Å². The second-order valence-corrected chi connectivity index (χ2v) is 4.48. The minimum atomic E-state index is -0.346. The summed E-state index contributed by atoms with van der Waals surface area (Å²) in [5, 5.41) is 13.9. The molecule has 0 saturated carbocycles. The molecule has 0 aliphatic carbocycles. The van der Waals surface area contributed by atoms with E-state index in [1.165, 1.54) is 10.9 Å². The summed E-state index contributed by atoms with van der Waals surface area (Å²) in [6.45, 7) is 0.132. The van der Waals surface area contributed by atoms with Crippen LogP contribution in [0, 0.1) is 0 Å². The second kappa shape index (κ2) is 5.19. The van der Waals surface area contributed by atoms with Crippen LogP contribution in [0.4, 0.5) is 0 Å². The first-order valence-corrected chi connectivity index (χ1v) is 6.22. The summed E-state index contributed by atoms with van der Waals surface area (Å²) >= 11 is 0. The van der Waals surface area contributed by atoms with E-state index in [1.54, 1.807) is 7.05 Å². The average Bonchev–Trinajstić information content (AvgIpc) is 3.16. The number of amides is 1. The van der Waals surface area contributed by atoms with Crippen LogP contribution in [0.5, 0.6) is 0 Å².